The Kier molecular flexibility index (Phi) is 6.12. The number of phenolic OH excluding ortho intramolecular Hbond substituents is 1. The van der Waals surface area contributed by atoms with Crippen LogP contribution in [-0.2, 0) is 20.2 Å². The Morgan fingerprint density at radius 3 is 2.44 bits per heavy atom. The van der Waals surface area contributed by atoms with Gasteiger partial charge < -0.3 is 15.2 Å². The first kappa shape index (κ1) is 20.7. The standard InChI is InChI=1S/C19H24N2O5S/c1-19(2,3)14-7-5-6-8-16(14)26-12-18(23)21-13-9-10-15(22)17(11-13)27(24,25)20-4/h5-11,20,22H,12H2,1-4H3,(H,21,23). The van der Waals surface area contributed by atoms with Crippen molar-refractivity contribution in [2.24, 2.45) is 0 Å². The molecular formula is C19H24N2O5S. The van der Waals surface area contributed by atoms with Crippen molar-refractivity contribution in [2.45, 2.75) is 31.1 Å². The molecule has 0 aliphatic rings. The first-order chi connectivity index (χ1) is 12.5. The molecule has 0 aliphatic carbocycles. The van der Waals surface area contributed by atoms with Gasteiger partial charge in [0, 0.05) is 5.69 Å². The van der Waals surface area contributed by atoms with Crippen molar-refractivity contribution in [1.29, 1.82) is 0 Å². The van der Waals surface area contributed by atoms with Gasteiger partial charge >= 0.3 is 0 Å². The minimum absolute atomic E-state index is 0.138. The Balaban J connectivity index is 2.11. The van der Waals surface area contributed by atoms with E-state index < -0.39 is 21.7 Å². The summed E-state index contributed by atoms with van der Waals surface area (Å²) in [4.78, 5) is 11.9. The Labute approximate surface area is 159 Å². The molecule has 0 fully saturated rings. The Morgan fingerprint density at radius 1 is 1.15 bits per heavy atom. The van der Waals surface area contributed by atoms with E-state index >= 15 is 0 Å². The predicted octanol–water partition coefficient (Wildman–Crippen LogP) is 2.62. The number of amides is 1. The van der Waals surface area contributed by atoms with Crippen LogP contribution in [0.3, 0.4) is 0 Å². The SMILES string of the molecule is CNS(=O)(=O)c1cc(NC(=O)COc2ccccc2C(C)(C)C)ccc1O. The lowest BCUT2D eigenvalue weighted by Crippen LogP contribution is -2.22. The smallest absolute Gasteiger partial charge is 0.262 e. The van der Waals surface area contributed by atoms with Gasteiger partial charge in [-0.1, -0.05) is 39.0 Å². The number of anilines is 1. The number of sulfonamides is 1. The Bertz CT molecular complexity index is 933. The molecule has 3 N–H and O–H groups in total. The first-order valence-corrected chi connectivity index (χ1v) is 9.81. The normalized spacial score (nSPS) is 11.9. The van der Waals surface area contributed by atoms with Crippen LogP contribution in [0.2, 0.25) is 0 Å². The highest BCUT2D eigenvalue weighted by Gasteiger charge is 2.20. The third kappa shape index (κ3) is 5.21. The maximum absolute atomic E-state index is 12.2. The van der Waals surface area contributed by atoms with Crippen molar-refractivity contribution >= 4 is 21.6 Å². The third-order valence-electron chi connectivity index (χ3n) is 3.86. The number of benzene rings is 2. The number of carbonyl (C=O) groups is 1. The number of para-hydroxylation sites is 1. The predicted molar refractivity (Wildman–Crippen MR) is 104 cm³/mol. The maximum Gasteiger partial charge on any atom is 0.262 e. The molecule has 1 amide bonds. The number of rotatable bonds is 6. The van der Waals surface area contributed by atoms with Crippen molar-refractivity contribution in [2.75, 3.05) is 19.0 Å². The second kappa shape index (κ2) is 7.98. The van der Waals surface area contributed by atoms with E-state index in [-0.39, 0.29) is 22.6 Å². The topological polar surface area (TPSA) is 105 Å². The van der Waals surface area contributed by atoms with E-state index in [2.05, 4.69) is 30.8 Å². The van der Waals surface area contributed by atoms with Gasteiger partial charge in [0.2, 0.25) is 10.0 Å². The minimum Gasteiger partial charge on any atom is -0.507 e. The van der Waals surface area contributed by atoms with Crippen LogP contribution in [0.4, 0.5) is 5.69 Å². The lowest BCUT2D eigenvalue weighted by atomic mass is 9.86. The highest BCUT2D eigenvalue weighted by atomic mass is 32.2. The van der Waals surface area contributed by atoms with E-state index in [4.69, 9.17) is 4.74 Å². The summed E-state index contributed by atoms with van der Waals surface area (Å²) in [6.07, 6.45) is 0. The van der Waals surface area contributed by atoms with E-state index in [9.17, 15) is 18.3 Å². The highest BCUT2D eigenvalue weighted by molar-refractivity contribution is 7.89. The molecule has 0 aliphatic heterocycles. The maximum atomic E-state index is 12.2. The van der Waals surface area contributed by atoms with Gasteiger partial charge in [0.15, 0.2) is 6.61 Å². The summed E-state index contributed by atoms with van der Waals surface area (Å²) in [5.41, 5.74) is 1.07. The van der Waals surface area contributed by atoms with Gasteiger partial charge in [0.1, 0.15) is 16.4 Å². The molecule has 8 heteroatoms. The molecule has 0 saturated carbocycles. The number of nitrogens with one attached hydrogen (secondary N) is 2. The molecule has 2 rings (SSSR count). The van der Waals surface area contributed by atoms with Crippen molar-refractivity contribution in [3.63, 3.8) is 0 Å². The largest absolute Gasteiger partial charge is 0.507 e. The molecule has 0 saturated heterocycles. The van der Waals surface area contributed by atoms with E-state index in [1.807, 2.05) is 18.2 Å². The van der Waals surface area contributed by atoms with Crippen LogP contribution in [0.25, 0.3) is 0 Å². The molecule has 2 aromatic rings. The van der Waals surface area contributed by atoms with Gasteiger partial charge in [-0.05, 0) is 42.3 Å². The van der Waals surface area contributed by atoms with Gasteiger partial charge in [-0.2, -0.15) is 0 Å². The Hall–Kier alpha value is -2.58. The van der Waals surface area contributed by atoms with Crippen molar-refractivity contribution < 1.29 is 23.1 Å². The summed E-state index contributed by atoms with van der Waals surface area (Å²) in [6, 6.07) is 11.3. The van der Waals surface area contributed by atoms with Crippen molar-refractivity contribution in [3.05, 3.63) is 48.0 Å². The van der Waals surface area contributed by atoms with E-state index in [1.54, 1.807) is 6.07 Å². The lowest BCUT2D eigenvalue weighted by Gasteiger charge is -2.22. The molecule has 0 unspecified atom stereocenters. The van der Waals surface area contributed by atoms with Crippen molar-refractivity contribution in [3.8, 4) is 11.5 Å². The molecule has 2 aromatic carbocycles. The van der Waals surface area contributed by atoms with Crippen LogP contribution in [0, 0.1) is 0 Å². The van der Waals surface area contributed by atoms with Gasteiger partial charge in [-0.15, -0.1) is 0 Å². The third-order valence-corrected chi connectivity index (χ3v) is 5.30. The van der Waals surface area contributed by atoms with Gasteiger partial charge in [0.05, 0.1) is 0 Å². The number of ether oxygens (including phenoxy) is 1. The fraction of sp³-hybridized carbons (Fsp3) is 0.316. The molecule has 27 heavy (non-hydrogen) atoms. The molecule has 0 bridgehead atoms. The fourth-order valence-electron chi connectivity index (χ4n) is 2.47. The fourth-order valence-corrected chi connectivity index (χ4v) is 3.31. The summed E-state index contributed by atoms with van der Waals surface area (Å²) in [5, 5.41) is 12.3. The molecule has 146 valence electrons. The molecule has 0 radical (unpaired) electrons. The Morgan fingerprint density at radius 2 is 1.81 bits per heavy atom. The number of carbonyl (C=O) groups excluding carboxylic acids is 1. The van der Waals surface area contributed by atoms with Crippen LogP contribution >= 0.6 is 0 Å². The molecule has 0 heterocycles. The zero-order valence-electron chi connectivity index (χ0n) is 15.7. The number of hydrogen-bond acceptors (Lipinski definition) is 5. The van der Waals surface area contributed by atoms with Crippen LogP contribution in [0.5, 0.6) is 11.5 Å². The molecule has 7 nitrogen and oxygen atoms in total. The average Bonchev–Trinajstić information content (AvgIpc) is 2.61. The minimum atomic E-state index is -3.85. The second-order valence-electron chi connectivity index (χ2n) is 6.97. The van der Waals surface area contributed by atoms with Crippen LogP contribution in [0.15, 0.2) is 47.4 Å². The van der Waals surface area contributed by atoms with Crippen LogP contribution in [0.1, 0.15) is 26.3 Å². The molecule has 0 aromatic heterocycles. The molecule has 0 atom stereocenters. The zero-order chi connectivity index (χ0) is 20.2. The van der Waals surface area contributed by atoms with E-state index in [0.717, 1.165) is 5.56 Å². The van der Waals surface area contributed by atoms with Crippen molar-refractivity contribution in [1.82, 2.24) is 4.72 Å². The summed E-state index contributed by atoms with van der Waals surface area (Å²) in [6.45, 7) is 5.92. The summed E-state index contributed by atoms with van der Waals surface area (Å²) in [7, 11) is -2.61. The van der Waals surface area contributed by atoms with Gasteiger partial charge in [-0.25, -0.2) is 13.1 Å². The second-order valence-corrected chi connectivity index (χ2v) is 8.83. The van der Waals surface area contributed by atoms with E-state index in [1.165, 1.54) is 25.2 Å². The highest BCUT2D eigenvalue weighted by Crippen LogP contribution is 2.31. The number of hydrogen-bond donors (Lipinski definition) is 3. The van der Waals surface area contributed by atoms with Gasteiger partial charge in [-0.3, -0.25) is 4.79 Å². The quantitative estimate of drug-likeness (QED) is 0.656. The van der Waals surface area contributed by atoms with Crippen LogP contribution < -0.4 is 14.8 Å². The zero-order valence-corrected chi connectivity index (χ0v) is 16.6. The molecule has 0 spiro atoms. The summed E-state index contributed by atoms with van der Waals surface area (Å²) >= 11 is 0. The lowest BCUT2D eigenvalue weighted by molar-refractivity contribution is -0.118. The van der Waals surface area contributed by atoms with E-state index in [0.29, 0.717) is 5.75 Å². The van der Waals surface area contributed by atoms with Gasteiger partial charge in [0.25, 0.3) is 5.91 Å². The number of aromatic hydroxyl groups is 1. The van der Waals surface area contributed by atoms with Crippen LogP contribution in [-0.4, -0.2) is 33.1 Å². The summed E-state index contributed by atoms with van der Waals surface area (Å²) < 4.78 is 31.6. The molecular weight excluding hydrogens is 368 g/mol. The summed E-state index contributed by atoms with van der Waals surface area (Å²) in [5.74, 6) is -0.237. The first-order valence-electron chi connectivity index (χ1n) is 8.33. The average molecular weight is 392 g/mol. The monoisotopic (exact) mass is 392 g/mol. The number of phenols is 1.